The van der Waals surface area contributed by atoms with E-state index in [0.717, 1.165) is 38.5 Å². The van der Waals surface area contributed by atoms with Crippen molar-refractivity contribution in [3.05, 3.63) is 42.4 Å². The van der Waals surface area contributed by atoms with Crippen LogP contribution in [0.15, 0.2) is 35.4 Å². The fourth-order valence-electron chi connectivity index (χ4n) is 3.02. The number of nitrogens with zero attached hydrogens (tertiary/aromatic N) is 4. The summed E-state index contributed by atoms with van der Waals surface area (Å²) in [4.78, 5) is 9.22. The van der Waals surface area contributed by atoms with Crippen LogP contribution in [0.2, 0.25) is 0 Å². The van der Waals surface area contributed by atoms with Crippen LogP contribution >= 0.6 is 0 Å². The fraction of sp³-hybridized carbons (Fsp3) is 0.533. The maximum atomic E-state index is 5.18. The molecule has 0 radical (unpaired) electrons. The lowest BCUT2D eigenvalue weighted by molar-refractivity contribution is 0.193. The second-order valence-corrected chi connectivity index (χ2v) is 5.93. The average Bonchev–Trinajstić information content (AvgIpc) is 2.99. The minimum atomic E-state index is 0.618. The molecule has 0 N–H and O–H groups in total. The van der Waals surface area contributed by atoms with Crippen LogP contribution < -0.4 is 0 Å². The van der Waals surface area contributed by atoms with Gasteiger partial charge >= 0.3 is 0 Å². The second kappa shape index (κ2) is 5.81. The van der Waals surface area contributed by atoms with Crippen LogP contribution in [-0.4, -0.2) is 46.5 Å². The Labute approximate surface area is 119 Å². The molecule has 1 unspecified atom stereocenters. The summed E-state index contributed by atoms with van der Waals surface area (Å²) in [6.45, 7) is 5.07. The smallest absolute Gasteiger partial charge is 0.122 e. The van der Waals surface area contributed by atoms with E-state index in [1.807, 2.05) is 18.5 Å². The summed E-state index contributed by atoms with van der Waals surface area (Å²) in [5, 5.41) is 0. The number of hydrogen-bond acceptors (Lipinski definition) is 4. The van der Waals surface area contributed by atoms with Crippen molar-refractivity contribution in [3.8, 4) is 0 Å². The summed E-state index contributed by atoms with van der Waals surface area (Å²) in [6.07, 6.45) is 7.58. The molecule has 0 saturated carbocycles. The van der Waals surface area contributed by atoms with Gasteiger partial charge in [0.1, 0.15) is 5.82 Å². The summed E-state index contributed by atoms with van der Waals surface area (Å²) in [5.41, 5.74) is 1.23. The van der Waals surface area contributed by atoms with E-state index in [0.29, 0.717) is 5.92 Å². The van der Waals surface area contributed by atoms with E-state index in [9.17, 15) is 0 Å². The maximum Gasteiger partial charge on any atom is 0.122 e. The lowest BCUT2D eigenvalue weighted by atomic mass is 10.1. The molecule has 0 aliphatic carbocycles. The van der Waals surface area contributed by atoms with Crippen molar-refractivity contribution in [2.24, 2.45) is 5.92 Å². The molecule has 3 rings (SSSR count). The van der Waals surface area contributed by atoms with Gasteiger partial charge in [-0.3, -0.25) is 4.90 Å². The molecule has 0 amide bonds. The molecule has 2 aromatic rings. The SMILES string of the molecule is CN(C)CC1CN(Cc2ccoc2)Cc2nccn2C1. The zero-order valence-electron chi connectivity index (χ0n) is 12.2. The highest BCUT2D eigenvalue weighted by Gasteiger charge is 2.22. The number of imidazole rings is 1. The molecule has 2 aromatic heterocycles. The van der Waals surface area contributed by atoms with Gasteiger partial charge in [0.15, 0.2) is 0 Å². The average molecular weight is 274 g/mol. The predicted molar refractivity (Wildman–Crippen MR) is 77.1 cm³/mol. The van der Waals surface area contributed by atoms with Crippen LogP contribution in [-0.2, 0) is 19.6 Å². The lowest BCUT2D eigenvalue weighted by Gasteiger charge is -2.25. The minimum Gasteiger partial charge on any atom is -0.472 e. The summed E-state index contributed by atoms with van der Waals surface area (Å²) < 4.78 is 7.47. The highest BCUT2D eigenvalue weighted by Crippen LogP contribution is 2.18. The van der Waals surface area contributed by atoms with Crippen LogP contribution in [0.4, 0.5) is 0 Å². The van der Waals surface area contributed by atoms with Crippen LogP contribution in [0.5, 0.6) is 0 Å². The van der Waals surface area contributed by atoms with E-state index < -0.39 is 0 Å². The van der Waals surface area contributed by atoms with Crippen molar-refractivity contribution in [1.82, 2.24) is 19.4 Å². The number of furan rings is 1. The van der Waals surface area contributed by atoms with E-state index in [2.05, 4.69) is 39.6 Å². The quantitative estimate of drug-likeness (QED) is 0.850. The van der Waals surface area contributed by atoms with Gasteiger partial charge in [-0.2, -0.15) is 0 Å². The van der Waals surface area contributed by atoms with Crippen LogP contribution in [0.1, 0.15) is 11.4 Å². The number of rotatable bonds is 4. The number of fused-ring (bicyclic) bond motifs is 1. The first kappa shape index (κ1) is 13.4. The predicted octanol–water partition coefficient (Wildman–Crippen LogP) is 1.67. The van der Waals surface area contributed by atoms with E-state index in [-0.39, 0.29) is 0 Å². The third kappa shape index (κ3) is 3.11. The Morgan fingerprint density at radius 3 is 3.05 bits per heavy atom. The molecule has 0 aromatic carbocycles. The van der Waals surface area contributed by atoms with Crippen molar-refractivity contribution in [1.29, 1.82) is 0 Å². The Hall–Kier alpha value is -1.59. The first-order chi connectivity index (χ1) is 9.70. The Kier molecular flexibility index (Phi) is 3.89. The Morgan fingerprint density at radius 2 is 2.30 bits per heavy atom. The lowest BCUT2D eigenvalue weighted by Crippen LogP contribution is -2.33. The van der Waals surface area contributed by atoms with Gasteiger partial charge in [0.2, 0.25) is 0 Å². The fourth-order valence-corrected chi connectivity index (χ4v) is 3.02. The summed E-state index contributed by atoms with van der Waals surface area (Å²) in [5.74, 6) is 1.78. The molecule has 1 aliphatic heterocycles. The Morgan fingerprint density at radius 1 is 1.40 bits per heavy atom. The van der Waals surface area contributed by atoms with E-state index in [1.165, 1.54) is 5.56 Å². The van der Waals surface area contributed by atoms with Gasteiger partial charge in [-0.15, -0.1) is 0 Å². The zero-order valence-corrected chi connectivity index (χ0v) is 12.2. The largest absolute Gasteiger partial charge is 0.472 e. The standard InChI is InChI=1S/C15H22N4O/c1-17(2)7-14-9-18(8-13-3-6-20-12-13)11-15-16-4-5-19(15)10-14/h3-6,12,14H,7-11H2,1-2H3. The molecule has 1 atom stereocenters. The Balaban J connectivity index is 1.76. The number of aromatic nitrogens is 2. The van der Waals surface area contributed by atoms with Crippen molar-refractivity contribution >= 4 is 0 Å². The van der Waals surface area contributed by atoms with Crippen LogP contribution in [0.25, 0.3) is 0 Å². The van der Waals surface area contributed by atoms with Crippen molar-refractivity contribution in [2.75, 3.05) is 27.2 Å². The van der Waals surface area contributed by atoms with Gasteiger partial charge in [0.05, 0.1) is 19.1 Å². The van der Waals surface area contributed by atoms with Crippen molar-refractivity contribution in [3.63, 3.8) is 0 Å². The number of hydrogen-bond donors (Lipinski definition) is 0. The molecular formula is C15H22N4O. The molecule has 5 nitrogen and oxygen atoms in total. The van der Waals surface area contributed by atoms with Crippen molar-refractivity contribution in [2.45, 2.75) is 19.6 Å². The summed E-state index contributed by atoms with van der Waals surface area (Å²) in [6, 6.07) is 2.04. The monoisotopic (exact) mass is 274 g/mol. The van der Waals surface area contributed by atoms with Gasteiger partial charge in [-0.25, -0.2) is 4.98 Å². The molecule has 0 spiro atoms. The molecule has 0 bridgehead atoms. The topological polar surface area (TPSA) is 37.4 Å². The van der Waals surface area contributed by atoms with Crippen LogP contribution in [0.3, 0.4) is 0 Å². The van der Waals surface area contributed by atoms with E-state index >= 15 is 0 Å². The zero-order chi connectivity index (χ0) is 13.9. The molecule has 5 heteroatoms. The summed E-state index contributed by atoms with van der Waals surface area (Å²) in [7, 11) is 4.28. The molecular weight excluding hydrogens is 252 g/mol. The highest BCUT2D eigenvalue weighted by atomic mass is 16.3. The third-order valence-corrected chi connectivity index (χ3v) is 3.75. The molecule has 108 valence electrons. The second-order valence-electron chi connectivity index (χ2n) is 5.93. The van der Waals surface area contributed by atoms with Crippen LogP contribution in [0, 0.1) is 5.92 Å². The first-order valence-corrected chi connectivity index (χ1v) is 7.09. The highest BCUT2D eigenvalue weighted by molar-refractivity contribution is 5.06. The van der Waals surface area contributed by atoms with Crippen molar-refractivity contribution < 1.29 is 4.42 Å². The molecule has 1 aliphatic rings. The first-order valence-electron chi connectivity index (χ1n) is 7.09. The van der Waals surface area contributed by atoms with Gasteiger partial charge < -0.3 is 13.9 Å². The Bertz CT molecular complexity index is 532. The van der Waals surface area contributed by atoms with Gasteiger partial charge in [0, 0.05) is 50.1 Å². The van der Waals surface area contributed by atoms with Gasteiger partial charge in [-0.1, -0.05) is 0 Å². The summed E-state index contributed by atoms with van der Waals surface area (Å²) >= 11 is 0. The minimum absolute atomic E-state index is 0.618. The maximum absolute atomic E-state index is 5.18. The molecule has 20 heavy (non-hydrogen) atoms. The molecule has 3 heterocycles. The van der Waals surface area contributed by atoms with E-state index in [1.54, 1.807) is 6.26 Å². The molecule has 0 fully saturated rings. The third-order valence-electron chi connectivity index (χ3n) is 3.75. The van der Waals surface area contributed by atoms with E-state index in [4.69, 9.17) is 4.42 Å². The normalized spacial score (nSPS) is 20.1. The van der Waals surface area contributed by atoms with Gasteiger partial charge in [-0.05, 0) is 20.2 Å². The molecule has 0 saturated heterocycles. The van der Waals surface area contributed by atoms with Gasteiger partial charge in [0.25, 0.3) is 0 Å².